The van der Waals surface area contributed by atoms with Crippen molar-refractivity contribution >= 4 is 22.8 Å². The summed E-state index contributed by atoms with van der Waals surface area (Å²) >= 11 is 5.92. The molecule has 0 saturated heterocycles. The quantitative estimate of drug-likeness (QED) is 0.777. The Bertz CT molecular complexity index is 542. The predicted octanol–water partition coefficient (Wildman–Crippen LogP) is 1.35. The van der Waals surface area contributed by atoms with Crippen molar-refractivity contribution in [2.24, 2.45) is 0 Å². The van der Waals surface area contributed by atoms with Crippen LogP contribution in [-0.2, 0) is 0 Å². The largest absolute Gasteiger partial charge is 0.391 e. The third kappa shape index (κ3) is 1.77. The topological polar surface area (TPSA) is 76.7 Å². The molecule has 2 aromatic heterocycles. The van der Waals surface area contributed by atoms with E-state index < -0.39 is 0 Å². The van der Waals surface area contributed by atoms with Crippen LogP contribution in [0.3, 0.4) is 0 Å². The summed E-state index contributed by atoms with van der Waals surface area (Å²) in [5.74, 6) is 0. The van der Waals surface area contributed by atoms with E-state index >= 15 is 0 Å². The van der Waals surface area contributed by atoms with Crippen LogP contribution < -0.4 is 0 Å². The summed E-state index contributed by atoms with van der Waals surface area (Å²) in [6, 6.07) is -0.0558. The standard InChI is InChI=1S/C10H12ClN5O/c11-9-8-10(13-5-12-9)16(15-14-8)6-3-1-2-4-7(6)17/h5-7,17H,1-4H2/t6-,7+/m0/s1. The molecule has 0 spiro atoms. The van der Waals surface area contributed by atoms with Gasteiger partial charge in [0.25, 0.3) is 0 Å². The fourth-order valence-corrected chi connectivity index (χ4v) is 2.50. The van der Waals surface area contributed by atoms with Crippen LogP contribution in [-0.4, -0.2) is 36.2 Å². The van der Waals surface area contributed by atoms with Crippen LogP contribution >= 0.6 is 11.6 Å². The van der Waals surface area contributed by atoms with Gasteiger partial charge in [-0.2, -0.15) is 0 Å². The lowest BCUT2D eigenvalue weighted by molar-refractivity contribution is 0.0703. The number of nitrogens with zero attached hydrogens (tertiary/aromatic N) is 5. The first-order valence-corrected chi connectivity index (χ1v) is 6.04. The minimum Gasteiger partial charge on any atom is -0.391 e. The first kappa shape index (κ1) is 10.9. The van der Waals surface area contributed by atoms with E-state index in [9.17, 15) is 5.11 Å². The smallest absolute Gasteiger partial charge is 0.183 e. The number of hydrogen-bond acceptors (Lipinski definition) is 5. The summed E-state index contributed by atoms with van der Waals surface area (Å²) in [6.07, 6.45) is 4.83. The number of fused-ring (bicyclic) bond motifs is 1. The molecule has 90 valence electrons. The zero-order chi connectivity index (χ0) is 11.8. The molecule has 0 aromatic carbocycles. The van der Waals surface area contributed by atoms with Gasteiger partial charge in [-0.1, -0.05) is 29.7 Å². The molecule has 0 aliphatic heterocycles. The van der Waals surface area contributed by atoms with Crippen molar-refractivity contribution in [3.63, 3.8) is 0 Å². The van der Waals surface area contributed by atoms with Crippen LogP contribution in [0.5, 0.6) is 0 Å². The van der Waals surface area contributed by atoms with Crippen LogP contribution in [0.2, 0.25) is 5.15 Å². The molecule has 1 saturated carbocycles. The Kier molecular flexibility index (Phi) is 2.68. The van der Waals surface area contributed by atoms with Gasteiger partial charge in [-0.25, -0.2) is 14.6 Å². The van der Waals surface area contributed by atoms with Gasteiger partial charge in [-0.15, -0.1) is 5.10 Å². The van der Waals surface area contributed by atoms with Gasteiger partial charge in [0.1, 0.15) is 6.33 Å². The molecular weight excluding hydrogens is 242 g/mol. The second-order valence-electron chi connectivity index (χ2n) is 4.29. The molecule has 1 N–H and O–H groups in total. The maximum absolute atomic E-state index is 10.0. The van der Waals surface area contributed by atoms with Crippen LogP contribution in [0.1, 0.15) is 31.7 Å². The van der Waals surface area contributed by atoms with E-state index in [2.05, 4.69) is 20.3 Å². The Labute approximate surface area is 103 Å². The molecule has 0 radical (unpaired) electrons. The molecule has 3 rings (SSSR count). The van der Waals surface area contributed by atoms with Crippen LogP contribution in [0.15, 0.2) is 6.33 Å². The maximum Gasteiger partial charge on any atom is 0.183 e. The third-order valence-corrected chi connectivity index (χ3v) is 3.50. The number of rotatable bonds is 1. The van der Waals surface area contributed by atoms with Gasteiger partial charge in [0.2, 0.25) is 0 Å². The zero-order valence-electron chi connectivity index (χ0n) is 9.12. The SMILES string of the molecule is O[C@@H]1CCCC[C@@H]1n1nnc2c(Cl)ncnc21. The van der Waals surface area contributed by atoms with Gasteiger partial charge in [0.05, 0.1) is 12.1 Å². The van der Waals surface area contributed by atoms with E-state index in [1.807, 2.05) is 0 Å². The van der Waals surface area contributed by atoms with Crippen molar-refractivity contribution in [3.05, 3.63) is 11.5 Å². The van der Waals surface area contributed by atoms with Crippen molar-refractivity contribution in [2.45, 2.75) is 37.8 Å². The van der Waals surface area contributed by atoms with Crippen LogP contribution in [0.25, 0.3) is 11.2 Å². The second-order valence-corrected chi connectivity index (χ2v) is 4.65. The summed E-state index contributed by atoms with van der Waals surface area (Å²) in [6.45, 7) is 0. The molecule has 2 aromatic rings. The van der Waals surface area contributed by atoms with Gasteiger partial charge in [0.15, 0.2) is 16.3 Å². The van der Waals surface area contributed by atoms with Crippen LogP contribution in [0, 0.1) is 0 Å². The van der Waals surface area contributed by atoms with Gasteiger partial charge >= 0.3 is 0 Å². The second kappa shape index (κ2) is 4.19. The van der Waals surface area contributed by atoms with E-state index in [4.69, 9.17) is 11.6 Å². The summed E-state index contributed by atoms with van der Waals surface area (Å²) in [7, 11) is 0. The molecular formula is C10H12ClN5O. The molecule has 7 heteroatoms. The number of halogens is 1. The maximum atomic E-state index is 10.0. The lowest BCUT2D eigenvalue weighted by Crippen LogP contribution is -2.28. The number of aliphatic hydroxyl groups is 1. The number of hydrogen-bond donors (Lipinski definition) is 1. The highest BCUT2D eigenvalue weighted by atomic mass is 35.5. The lowest BCUT2D eigenvalue weighted by atomic mass is 9.93. The molecule has 1 aliphatic carbocycles. The van der Waals surface area contributed by atoms with Gasteiger partial charge in [-0.3, -0.25) is 0 Å². The van der Waals surface area contributed by atoms with E-state index in [1.54, 1.807) is 4.68 Å². The van der Waals surface area contributed by atoms with Crippen molar-refractivity contribution in [1.82, 2.24) is 25.0 Å². The molecule has 1 aliphatic rings. The number of aliphatic hydroxyl groups excluding tert-OH is 1. The Morgan fingerprint density at radius 2 is 2.12 bits per heavy atom. The van der Waals surface area contributed by atoms with Crippen molar-refractivity contribution in [3.8, 4) is 0 Å². The lowest BCUT2D eigenvalue weighted by Gasteiger charge is -2.27. The van der Waals surface area contributed by atoms with Crippen molar-refractivity contribution in [1.29, 1.82) is 0 Å². The Morgan fingerprint density at radius 3 is 2.94 bits per heavy atom. The molecule has 17 heavy (non-hydrogen) atoms. The fraction of sp³-hybridized carbons (Fsp3) is 0.600. The average Bonchev–Trinajstić information content (AvgIpc) is 2.75. The third-order valence-electron chi connectivity index (χ3n) is 3.22. The first-order chi connectivity index (χ1) is 8.27. The predicted molar refractivity (Wildman–Crippen MR) is 61.6 cm³/mol. The summed E-state index contributed by atoms with van der Waals surface area (Å²) < 4.78 is 1.67. The fourth-order valence-electron chi connectivity index (χ4n) is 2.34. The molecule has 0 amide bonds. The van der Waals surface area contributed by atoms with E-state index in [0.29, 0.717) is 16.3 Å². The molecule has 2 atom stereocenters. The zero-order valence-corrected chi connectivity index (χ0v) is 9.88. The van der Waals surface area contributed by atoms with Gasteiger partial charge < -0.3 is 5.11 Å². The Balaban J connectivity index is 2.08. The number of aromatic nitrogens is 5. The summed E-state index contributed by atoms with van der Waals surface area (Å²) in [5, 5.41) is 18.3. The van der Waals surface area contributed by atoms with E-state index in [1.165, 1.54) is 6.33 Å². The average molecular weight is 254 g/mol. The Morgan fingerprint density at radius 1 is 1.29 bits per heavy atom. The molecule has 0 unspecified atom stereocenters. The summed E-state index contributed by atoms with van der Waals surface area (Å²) in [4.78, 5) is 8.00. The van der Waals surface area contributed by atoms with Crippen LogP contribution in [0.4, 0.5) is 0 Å². The molecule has 6 nitrogen and oxygen atoms in total. The highest BCUT2D eigenvalue weighted by molar-refractivity contribution is 6.33. The van der Waals surface area contributed by atoms with E-state index in [-0.39, 0.29) is 12.1 Å². The highest BCUT2D eigenvalue weighted by Crippen LogP contribution is 2.30. The monoisotopic (exact) mass is 253 g/mol. The minimum atomic E-state index is -0.387. The summed E-state index contributed by atoms with van der Waals surface area (Å²) in [5.41, 5.74) is 1.09. The molecule has 1 fully saturated rings. The normalized spacial score (nSPS) is 25.3. The Hall–Kier alpha value is -1.27. The van der Waals surface area contributed by atoms with Gasteiger partial charge in [0, 0.05) is 0 Å². The van der Waals surface area contributed by atoms with Crippen molar-refractivity contribution in [2.75, 3.05) is 0 Å². The molecule has 2 heterocycles. The van der Waals surface area contributed by atoms with Gasteiger partial charge in [-0.05, 0) is 12.8 Å². The first-order valence-electron chi connectivity index (χ1n) is 5.67. The minimum absolute atomic E-state index is 0.0558. The van der Waals surface area contributed by atoms with Crippen molar-refractivity contribution < 1.29 is 5.11 Å². The highest BCUT2D eigenvalue weighted by Gasteiger charge is 2.27. The van der Waals surface area contributed by atoms with E-state index in [0.717, 1.165) is 25.7 Å². The molecule has 0 bridgehead atoms.